The molecule has 3 amide bonds. The van der Waals surface area contributed by atoms with Gasteiger partial charge < -0.3 is 25.0 Å². The number of carbonyl (C=O) groups is 2. The van der Waals surface area contributed by atoms with Crippen molar-refractivity contribution in [3.8, 4) is 11.5 Å². The standard InChI is InChI=1S/C24H32N4O4/c1-31-20-8-6-9-21(32-2)22(20)23(29)28-16-12-18(17-28)7-4-3-5-13-26-24(30)27-19-10-14-25-15-11-19/h6,8-11,14-15,18H,3-5,7,12-13,16-17H2,1-2H3,(H2,25,26,27,30). The number of urea groups is 1. The first-order valence-electron chi connectivity index (χ1n) is 11.1. The Labute approximate surface area is 189 Å². The predicted octanol–water partition coefficient (Wildman–Crippen LogP) is 3.94. The molecule has 3 rings (SSSR count). The fraction of sp³-hybridized carbons (Fsp3) is 0.458. The minimum atomic E-state index is -0.201. The van der Waals surface area contributed by atoms with E-state index in [1.165, 1.54) is 0 Å². The Bertz CT molecular complexity index is 869. The predicted molar refractivity (Wildman–Crippen MR) is 123 cm³/mol. The van der Waals surface area contributed by atoms with E-state index < -0.39 is 0 Å². The molecule has 0 radical (unpaired) electrons. The Morgan fingerprint density at radius 3 is 2.47 bits per heavy atom. The Hall–Kier alpha value is -3.29. The van der Waals surface area contributed by atoms with Crippen LogP contribution in [0.4, 0.5) is 10.5 Å². The van der Waals surface area contributed by atoms with E-state index in [4.69, 9.17) is 9.47 Å². The topological polar surface area (TPSA) is 92.8 Å². The molecule has 1 saturated heterocycles. The number of hydrogen-bond acceptors (Lipinski definition) is 5. The Kier molecular flexibility index (Phi) is 8.71. The molecule has 1 aromatic heterocycles. The zero-order valence-electron chi connectivity index (χ0n) is 18.8. The highest BCUT2D eigenvalue weighted by Crippen LogP contribution is 2.32. The molecule has 8 nitrogen and oxygen atoms in total. The average molecular weight is 441 g/mol. The molecule has 1 aromatic carbocycles. The van der Waals surface area contributed by atoms with Crippen molar-refractivity contribution in [2.45, 2.75) is 32.1 Å². The number of hydrogen-bond donors (Lipinski definition) is 2. The van der Waals surface area contributed by atoms with Crippen LogP contribution < -0.4 is 20.1 Å². The van der Waals surface area contributed by atoms with Gasteiger partial charge in [0.2, 0.25) is 0 Å². The number of aromatic nitrogens is 1. The van der Waals surface area contributed by atoms with Crippen LogP contribution in [0.2, 0.25) is 0 Å². The lowest BCUT2D eigenvalue weighted by Gasteiger charge is -2.20. The molecule has 0 aliphatic carbocycles. The Balaban J connectivity index is 1.35. The Morgan fingerprint density at radius 1 is 1.06 bits per heavy atom. The van der Waals surface area contributed by atoms with Gasteiger partial charge in [-0.1, -0.05) is 18.9 Å². The molecular weight excluding hydrogens is 408 g/mol. The van der Waals surface area contributed by atoms with E-state index >= 15 is 0 Å². The second-order valence-electron chi connectivity index (χ2n) is 7.91. The van der Waals surface area contributed by atoms with Crippen LogP contribution >= 0.6 is 0 Å². The summed E-state index contributed by atoms with van der Waals surface area (Å²) < 4.78 is 10.8. The van der Waals surface area contributed by atoms with Gasteiger partial charge in [-0.05, 0) is 49.4 Å². The van der Waals surface area contributed by atoms with E-state index in [-0.39, 0.29) is 11.9 Å². The third kappa shape index (κ3) is 6.35. The van der Waals surface area contributed by atoms with Crippen LogP contribution in [0.15, 0.2) is 42.7 Å². The SMILES string of the molecule is COc1cccc(OC)c1C(=O)N1CCC(CCCCCNC(=O)Nc2ccncc2)C1. The quantitative estimate of drug-likeness (QED) is 0.546. The molecule has 32 heavy (non-hydrogen) atoms. The number of likely N-dealkylation sites (tertiary alicyclic amines) is 1. The van der Waals surface area contributed by atoms with E-state index in [0.29, 0.717) is 29.5 Å². The first kappa shape index (κ1) is 23.4. The van der Waals surface area contributed by atoms with Gasteiger partial charge in [-0.15, -0.1) is 0 Å². The summed E-state index contributed by atoms with van der Waals surface area (Å²) in [6, 6.07) is 8.69. The molecule has 1 aliphatic heterocycles. The number of anilines is 1. The van der Waals surface area contributed by atoms with Gasteiger partial charge in [0.15, 0.2) is 0 Å². The van der Waals surface area contributed by atoms with Crippen molar-refractivity contribution in [3.63, 3.8) is 0 Å². The fourth-order valence-corrected chi connectivity index (χ4v) is 4.02. The van der Waals surface area contributed by atoms with Crippen molar-refractivity contribution < 1.29 is 19.1 Å². The third-order valence-corrected chi connectivity index (χ3v) is 5.73. The Morgan fingerprint density at radius 2 is 1.78 bits per heavy atom. The largest absolute Gasteiger partial charge is 0.496 e. The van der Waals surface area contributed by atoms with Crippen LogP contribution in [0.1, 0.15) is 42.5 Å². The van der Waals surface area contributed by atoms with E-state index in [9.17, 15) is 9.59 Å². The van der Waals surface area contributed by atoms with E-state index in [2.05, 4.69) is 15.6 Å². The molecule has 1 unspecified atom stereocenters. The van der Waals surface area contributed by atoms with Gasteiger partial charge in [-0.2, -0.15) is 0 Å². The fourth-order valence-electron chi connectivity index (χ4n) is 4.02. The summed E-state index contributed by atoms with van der Waals surface area (Å²) in [6.07, 6.45) is 8.42. The van der Waals surface area contributed by atoms with Gasteiger partial charge in [0.1, 0.15) is 17.1 Å². The number of nitrogens with zero attached hydrogens (tertiary/aromatic N) is 2. The van der Waals surface area contributed by atoms with Gasteiger partial charge in [-0.25, -0.2) is 4.79 Å². The first-order valence-corrected chi connectivity index (χ1v) is 11.1. The summed E-state index contributed by atoms with van der Waals surface area (Å²) >= 11 is 0. The van der Waals surface area contributed by atoms with Gasteiger partial charge in [0.25, 0.3) is 5.91 Å². The number of rotatable bonds is 10. The van der Waals surface area contributed by atoms with Gasteiger partial charge in [-0.3, -0.25) is 9.78 Å². The van der Waals surface area contributed by atoms with Crippen molar-refractivity contribution in [2.24, 2.45) is 5.92 Å². The van der Waals surface area contributed by atoms with Crippen LogP contribution in [0, 0.1) is 5.92 Å². The number of unbranched alkanes of at least 4 members (excludes halogenated alkanes) is 2. The average Bonchev–Trinajstić information content (AvgIpc) is 3.29. The van der Waals surface area contributed by atoms with Crippen molar-refractivity contribution in [2.75, 3.05) is 39.2 Å². The monoisotopic (exact) mass is 440 g/mol. The van der Waals surface area contributed by atoms with E-state index in [1.54, 1.807) is 50.9 Å². The molecule has 2 aromatic rings. The number of benzene rings is 1. The molecule has 172 valence electrons. The van der Waals surface area contributed by atoms with Crippen molar-refractivity contribution >= 4 is 17.6 Å². The molecule has 1 fully saturated rings. The number of amides is 3. The second-order valence-corrected chi connectivity index (χ2v) is 7.91. The molecule has 1 atom stereocenters. The summed E-state index contributed by atoms with van der Waals surface area (Å²) in [4.78, 5) is 30.8. The number of pyridine rings is 1. The van der Waals surface area contributed by atoms with Crippen LogP contribution in [0.5, 0.6) is 11.5 Å². The summed E-state index contributed by atoms with van der Waals surface area (Å²) in [5.74, 6) is 1.55. The number of ether oxygens (including phenoxy) is 2. The van der Waals surface area contributed by atoms with Crippen LogP contribution in [0.3, 0.4) is 0 Å². The summed E-state index contributed by atoms with van der Waals surface area (Å²) in [6.45, 7) is 2.15. The molecule has 1 aliphatic rings. The normalized spacial score (nSPS) is 15.3. The number of carbonyl (C=O) groups excluding carboxylic acids is 2. The zero-order valence-corrected chi connectivity index (χ0v) is 18.8. The zero-order chi connectivity index (χ0) is 22.8. The minimum Gasteiger partial charge on any atom is -0.496 e. The number of methoxy groups -OCH3 is 2. The third-order valence-electron chi connectivity index (χ3n) is 5.73. The lowest BCUT2D eigenvalue weighted by molar-refractivity contribution is 0.0779. The second kappa shape index (κ2) is 11.9. The number of nitrogens with one attached hydrogen (secondary N) is 2. The molecule has 0 bridgehead atoms. The molecule has 2 N–H and O–H groups in total. The van der Waals surface area contributed by atoms with Gasteiger partial charge >= 0.3 is 6.03 Å². The van der Waals surface area contributed by atoms with Crippen molar-refractivity contribution in [1.29, 1.82) is 0 Å². The summed E-state index contributed by atoms with van der Waals surface area (Å²) in [5.41, 5.74) is 1.22. The maximum atomic E-state index is 13.1. The molecule has 8 heteroatoms. The van der Waals surface area contributed by atoms with Gasteiger partial charge in [0.05, 0.1) is 14.2 Å². The molecule has 2 heterocycles. The lowest BCUT2D eigenvalue weighted by atomic mass is 10.0. The van der Waals surface area contributed by atoms with Crippen LogP contribution in [0.25, 0.3) is 0 Å². The van der Waals surface area contributed by atoms with Crippen molar-refractivity contribution in [1.82, 2.24) is 15.2 Å². The molecular formula is C24H32N4O4. The highest BCUT2D eigenvalue weighted by molar-refractivity contribution is 5.99. The summed E-state index contributed by atoms with van der Waals surface area (Å²) in [5, 5.41) is 5.65. The summed E-state index contributed by atoms with van der Waals surface area (Å²) in [7, 11) is 3.13. The first-order chi connectivity index (χ1) is 15.6. The highest BCUT2D eigenvalue weighted by Gasteiger charge is 2.30. The van der Waals surface area contributed by atoms with Crippen LogP contribution in [-0.4, -0.2) is 55.7 Å². The van der Waals surface area contributed by atoms with Crippen LogP contribution in [-0.2, 0) is 0 Å². The maximum Gasteiger partial charge on any atom is 0.319 e. The minimum absolute atomic E-state index is 0.0359. The maximum absolute atomic E-state index is 13.1. The molecule has 0 spiro atoms. The lowest BCUT2D eigenvalue weighted by Crippen LogP contribution is -2.29. The van der Waals surface area contributed by atoms with Gasteiger partial charge in [0, 0.05) is 37.7 Å². The van der Waals surface area contributed by atoms with E-state index in [0.717, 1.165) is 50.9 Å². The van der Waals surface area contributed by atoms with E-state index in [1.807, 2.05) is 11.0 Å². The smallest absolute Gasteiger partial charge is 0.319 e. The molecule has 0 saturated carbocycles. The van der Waals surface area contributed by atoms with Crippen molar-refractivity contribution in [3.05, 3.63) is 48.3 Å². The highest BCUT2D eigenvalue weighted by atomic mass is 16.5.